The van der Waals surface area contributed by atoms with Crippen molar-refractivity contribution >= 4 is 0 Å². The molecule has 0 spiro atoms. The highest BCUT2D eigenvalue weighted by atomic mass is 14.9. The molecule has 0 aromatic carbocycles. The summed E-state index contributed by atoms with van der Waals surface area (Å²) in [5.41, 5.74) is 3.47. The Bertz CT molecular complexity index is 445. The quantitative estimate of drug-likeness (QED) is 0.851. The molecule has 0 saturated carbocycles. The normalized spacial score (nSPS) is 10.6. The van der Waals surface area contributed by atoms with Gasteiger partial charge in [0.25, 0.3) is 0 Å². The van der Waals surface area contributed by atoms with Gasteiger partial charge in [-0.2, -0.15) is 0 Å². The van der Waals surface area contributed by atoms with Crippen molar-refractivity contribution in [3.05, 3.63) is 36.0 Å². The number of hydrogen-bond donors (Lipinski definition) is 1. The first-order valence-corrected chi connectivity index (χ1v) is 5.83. The Kier molecular flexibility index (Phi) is 3.34. The van der Waals surface area contributed by atoms with E-state index < -0.39 is 0 Å². The average Bonchev–Trinajstić information content (AvgIpc) is 2.74. The lowest BCUT2D eigenvalue weighted by Crippen LogP contribution is -1.88. The zero-order valence-corrected chi connectivity index (χ0v) is 9.83. The van der Waals surface area contributed by atoms with Gasteiger partial charge in [-0.3, -0.25) is 4.98 Å². The molecule has 3 heteroatoms. The molecular formula is C13H17N3. The van der Waals surface area contributed by atoms with E-state index >= 15 is 0 Å². The second kappa shape index (κ2) is 4.92. The van der Waals surface area contributed by atoms with Crippen molar-refractivity contribution in [3.8, 4) is 11.3 Å². The standard InChI is InChI=1S/C13H17N3/c1-3-5-11-13(16-12(4-2)15-11)10-6-8-14-9-7-10/h6-9H,3-5H2,1-2H3,(H,15,16). The topological polar surface area (TPSA) is 41.6 Å². The third kappa shape index (κ3) is 2.13. The molecule has 84 valence electrons. The molecule has 0 atom stereocenters. The van der Waals surface area contributed by atoms with Crippen LogP contribution in [-0.2, 0) is 12.8 Å². The van der Waals surface area contributed by atoms with Crippen LogP contribution < -0.4 is 0 Å². The number of aryl methyl sites for hydroxylation is 2. The van der Waals surface area contributed by atoms with E-state index in [0.29, 0.717) is 0 Å². The Hall–Kier alpha value is -1.64. The largest absolute Gasteiger partial charge is 0.345 e. The maximum atomic E-state index is 4.63. The van der Waals surface area contributed by atoms with E-state index in [2.05, 4.69) is 28.8 Å². The molecule has 3 nitrogen and oxygen atoms in total. The van der Waals surface area contributed by atoms with Gasteiger partial charge >= 0.3 is 0 Å². The van der Waals surface area contributed by atoms with Gasteiger partial charge in [0.15, 0.2) is 0 Å². The van der Waals surface area contributed by atoms with Crippen molar-refractivity contribution in [1.29, 1.82) is 0 Å². The molecule has 0 amide bonds. The third-order valence-corrected chi connectivity index (χ3v) is 2.62. The summed E-state index contributed by atoms with van der Waals surface area (Å²) in [4.78, 5) is 12.1. The van der Waals surface area contributed by atoms with Gasteiger partial charge in [0.05, 0.1) is 5.69 Å². The summed E-state index contributed by atoms with van der Waals surface area (Å²) in [7, 11) is 0. The number of rotatable bonds is 4. The molecule has 2 rings (SSSR count). The number of nitrogens with zero attached hydrogens (tertiary/aromatic N) is 2. The van der Waals surface area contributed by atoms with Gasteiger partial charge in [-0.05, 0) is 18.6 Å². The highest BCUT2D eigenvalue weighted by molar-refractivity contribution is 5.61. The van der Waals surface area contributed by atoms with E-state index in [1.165, 1.54) is 5.69 Å². The molecule has 2 aromatic heterocycles. The Balaban J connectivity index is 2.42. The van der Waals surface area contributed by atoms with Gasteiger partial charge in [0.1, 0.15) is 5.82 Å². The monoisotopic (exact) mass is 215 g/mol. The number of H-pyrrole nitrogens is 1. The lowest BCUT2D eigenvalue weighted by Gasteiger charge is -2.00. The lowest BCUT2D eigenvalue weighted by atomic mass is 10.1. The van der Waals surface area contributed by atoms with Crippen LogP contribution in [0.25, 0.3) is 11.3 Å². The molecule has 2 aromatic rings. The summed E-state index contributed by atoms with van der Waals surface area (Å²) in [5, 5.41) is 0. The van der Waals surface area contributed by atoms with Crippen LogP contribution in [0.1, 0.15) is 31.8 Å². The molecule has 0 aliphatic carbocycles. The third-order valence-electron chi connectivity index (χ3n) is 2.62. The van der Waals surface area contributed by atoms with E-state index in [1.54, 1.807) is 0 Å². The maximum Gasteiger partial charge on any atom is 0.106 e. The van der Waals surface area contributed by atoms with Crippen LogP contribution in [-0.4, -0.2) is 15.0 Å². The Morgan fingerprint density at radius 3 is 2.56 bits per heavy atom. The van der Waals surface area contributed by atoms with Crippen molar-refractivity contribution in [2.24, 2.45) is 0 Å². The Morgan fingerprint density at radius 1 is 1.19 bits per heavy atom. The lowest BCUT2D eigenvalue weighted by molar-refractivity contribution is 0.880. The summed E-state index contributed by atoms with van der Waals surface area (Å²) in [5.74, 6) is 1.07. The van der Waals surface area contributed by atoms with Crippen molar-refractivity contribution in [2.75, 3.05) is 0 Å². The van der Waals surface area contributed by atoms with E-state index in [9.17, 15) is 0 Å². The van der Waals surface area contributed by atoms with Gasteiger partial charge in [-0.15, -0.1) is 0 Å². The number of imidazole rings is 1. The molecule has 0 aliphatic heterocycles. The van der Waals surface area contributed by atoms with Crippen LogP contribution in [0.3, 0.4) is 0 Å². The second-order valence-corrected chi connectivity index (χ2v) is 3.85. The fraction of sp³-hybridized carbons (Fsp3) is 0.385. The van der Waals surface area contributed by atoms with Gasteiger partial charge in [0, 0.05) is 30.1 Å². The van der Waals surface area contributed by atoms with Crippen LogP contribution in [0.4, 0.5) is 0 Å². The molecular weight excluding hydrogens is 198 g/mol. The SMILES string of the molecule is CCCc1[nH]c(CC)nc1-c1ccncc1. The number of nitrogens with one attached hydrogen (secondary N) is 1. The molecule has 0 unspecified atom stereocenters. The molecule has 0 saturated heterocycles. The minimum Gasteiger partial charge on any atom is -0.345 e. The molecule has 2 heterocycles. The molecule has 16 heavy (non-hydrogen) atoms. The smallest absolute Gasteiger partial charge is 0.106 e. The second-order valence-electron chi connectivity index (χ2n) is 3.85. The molecule has 0 radical (unpaired) electrons. The number of aromatic amines is 1. The maximum absolute atomic E-state index is 4.63. The average molecular weight is 215 g/mol. The van der Waals surface area contributed by atoms with Gasteiger partial charge in [-0.25, -0.2) is 4.98 Å². The highest BCUT2D eigenvalue weighted by Gasteiger charge is 2.10. The van der Waals surface area contributed by atoms with Crippen molar-refractivity contribution in [1.82, 2.24) is 15.0 Å². The summed E-state index contributed by atoms with van der Waals surface area (Å²) in [6, 6.07) is 4.02. The predicted octanol–water partition coefficient (Wildman–Crippen LogP) is 2.99. The summed E-state index contributed by atoms with van der Waals surface area (Å²) < 4.78 is 0. The van der Waals surface area contributed by atoms with Crippen LogP contribution in [0.2, 0.25) is 0 Å². The van der Waals surface area contributed by atoms with Gasteiger partial charge < -0.3 is 4.98 Å². The van der Waals surface area contributed by atoms with Crippen LogP contribution in [0.15, 0.2) is 24.5 Å². The Labute approximate surface area is 96.0 Å². The van der Waals surface area contributed by atoms with Crippen molar-refractivity contribution in [3.63, 3.8) is 0 Å². The predicted molar refractivity (Wildman–Crippen MR) is 65.2 cm³/mol. The summed E-state index contributed by atoms with van der Waals surface area (Å²) in [6.07, 6.45) is 6.74. The number of aromatic nitrogens is 3. The van der Waals surface area contributed by atoms with Gasteiger partial charge in [0.2, 0.25) is 0 Å². The first-order chi connectivity index (χ1) is 7.85. The van der Waals surface area contributed by atoms with Crippen LogP contribution in [0.5, 0.6) is 0 Å². The summed E-state index contributed by atoms with van der Waals surface area (Å²) in [6.45, 7) is 4.30. The van der Waals surface area contributed by atoms with Crippen LogP contribution in [0, 0.1) is 0 Å². The van der Waals surface area contributed by atoms with Gasteiger partial charge in [-0.1, -0.05) is 20.3 Å². The summed E-state index contributed by atoms with van der Waals surface area (Å²) >= 11 is 0. The first kappa shape index (κ1) is 10.9. The highest BCUT2D eigenvalue weighted by Crippen LogP contribution is 2.22. The molecule has 0 fully saturated rings. The molecule has 0 bridgehead atoms. The minimum absolute atomic E-state index is 0.946. The number of hydrogen-bond acceptors (Lipinski definition) is 2. The first-order valence-electron chi connectivity index (χ1n) is 5.83. The van der Waals surface area contributed by atoms with E-state index in [4.69, 9.17) is 0 Å². The molecule has 1 N–H and O–H groups in total. The van der Waals surface area contributed by atoms with Crippen LogP contribution >= 0.6 is 0 Å². The fourth-order valence-electron chi connectivity index (χ4n) is 1.81. The van der Waals surface area contributed by atoms with E-state index in [-0.39, 0.29) is 0 Å². The Morgan fingerprint density at radius 2 is 1.94 bits per heavy atom. The molecule has 0 aliphatic rings. The zero-order valence-electron chi connectivity index (χ0n) is 9.83. The van der Waals surface area contributed by atoms with E-state index in [1.807, 2.05) is 24.5 Å². The van der Waals surface area contributed by atoms with Crippen molar-refractivity contribution < 1.29 is 0 Å². The van der Waals surface area contributed by atoms with E-state index in [0.717, 1.165) is 36.3 Å². The zero-order chi connectivity index (χ0) is 11.4. The fourth-order valence-corrected chi connectivity index (χ4v) is 1.81. The van der Waals surface area contributed by atoms with Crippen molar-refractivity contribution in [2.45, 2.75) is 33.1 Å². The minimum atomic E-state index is 0.946. The number of pyridine rings is 1.